The van der Waals surface area contributed by atoms with Gasteiger partial charge in [-0.15, -0.1) is 0 Å². The van der Waals surface area contributed by atoms with Gasteiger partial charge in [0.25, 0.3) is 0 Å². The third-order valence-corrected chi connectivity index (χ3v) is 4.10. The van der Waals surface area contributed by atoms with E-state index in [4.69, 9.17) is 11.6 Å². The van der Waals surface area contributed by atoms with Gasteiger partial charge in [0, 0.05) is 30.6 Å². The summed E-state index contributed by atoms with van der Waals surface area (Å²) in [7, 11) is 0. The van der Waals surface area contributed by atoms with E-state index in [0.29, 0.717) is 11.1 Å². The summed E-state index contributed by atoms with van der Waals surface area (Å²) in [6.07, 6.45) is 1.06. The Hall–Kier alpha value is -1.16. The van der Waals surface area contributed by atoms with E-state index < -0.39 is 0 Å². The number of para-hydroxylation sites is 1. The highest BCUT2D eigenvalue weighted by molar-refractivity contribution is 6.30. The quantitative estimate of drug-likeness (QED) is 0.876. The van der Waals surface area contributed by atoms with E-state index in [1.807, 2.05) is 18.2 Å². The monoisotopic (exact) mass is 276 g/mol. The van der Waals surface area contributed by atoms with Crippen LogP contribution in [0.3, 0.4) is 0 Å². The van der Waals surface area contributed by atoms with Crippen molar-refractivity contribution in [3.8, 4) is 0 Å². The highest BCUT2D eigenvalue weighted by Crippen LogP contribution is 2.24. The molecule has 2 aromatic rings. The van der Waals surface area contributed by atoms with E-state index in [-0.39, 0.29) is 6.61 Å². The smallest absolute Gasteiger partial charge is 0.134 e. The molecule has 1 N–H and O–H groups in total. The lowest BCUT2D eigenvalue weighted by Gasteiger charge is -2.16. The molecule has 19 heavy (non-hydrogen) atoms. The number of hydrogen-bond donors (Lipinski definition) is 1. The molecule has 1 unspecified atom stereocenters. The van der Waals surface area contributed by atoms with Gasteiger partial charge in [-0.1, -0.05) is 29.8 Å². The number of aromatic nitrogens is 1. The van der Waals surface area contributed by atoms with Gasteiger partial charge in [0.05, 0.1) is 5.52 Å². The van der Waals surface area contributed by atoms with Gasteiger partial charge in [0.15, 0.2) is 0 Å². The average molecular weight is 277 g/mol. The fraction of sp³-hybridized carbons (Fsp3) is 0.400. The van der Waals surface area contributed by atoms with E-state index in [9.17, 15) is 5.11 Å². The van der Waals surface area contributed by atoms with Crippen LogP contribution in [0.4, 0.5) is 0 Å². The molecule has 3 rings (SSSR count). The summed E-state index contributed by atoms with van der Waals surface area (Å²) < 4.78 is 0. The Balaban J connectivity index is 1.83. The van der Waals surface area contributed by atoms with Crippen molar-refractivity contribution in [3.05, 3.63) is 41.0 Å². The fourth-order valence-corrected chi connectivity index (χ4v) is 2.90. The molecule has 0 bridgehead atoms. The van der Waals surface area contributed by atoms with Gasteiger partial charge in [0.1, 0.15) is 5.15 Å². The molecule has 1 fully saturated rings. The Morgan fingerprint density at radius 2 is 2.21 bits per heavy atom. The first-order chi connectivity index (χ1) is 9.26. The van der Waals surface area contributed by atoms with E-state index in [2.05, 4.69) is 22.0 Å². The largest absolute Gasteiger partial charge is 0.396 e. The maximum atomic E-state index is 9.18. The normalized spacial score (nSPS) is 20.2. The van der Waals surface area contributed by atoms with Gasteiger partial charge in [-0.25, -0.2) is 4.98 Å². The molecule has 0 saturated carbocycles. The number of aliphatic hydroxyl groups is 1. The molecular formula is C15H17ClN2O. The van der Waals surface area contributed by atoms with Crippen molar-refractivity contribution in [2.45, 2.75) is 13.0 Å². The number of hydrogen-bond acceptors (Lipinski definition) is 3. The number of halogens is 1. The molecule has 1 aliphatic rings. The first-order valence-corrected chi connectivity index (χ1v) is 7.01. The summed E-state index contributed by atoms with van der Waals surface area (Å²) in [6.45, 7) is 3.06. The van der Waals surface area contributed by atoms with E-state index >= 15 is 0 Å². The predicted molar refractivity (Wildman–Crippen MR) is 77.2 cm³/mol. The van der Waals surface area contributed by atoms with Crippen molar-refractivity contribution in [1.82, 2.24) is 9.88 Å². The Kier molecular flexibility index (Phi) is 3.69. The van der Waals surface area contributed by atoms with Crippen LogP contribution in [0.25, 0.3) is 10.9 Å². The molecule has 0 spiro atoms. The molecule has 100 valence electrons. The maximum Gasteiger partial charge on any atom is 0.134 e. The molecule has 1 aromatic heterocycles. The maximum absolute atomic E-state index is 9.18. The number of fused-ring (bicyclic) bond motifs is 1. The molecule has 3 nitrogen and oxygen atoms in total. The zero-order chi connectivity index (χ0) is 13.2. The molecular weight excluding hydrogens is 260 g/mol. The number of benzene rings is 1. The first-order valence-electron chi connectivity index (χ1n) is 6.63. The minimum atomic E-state index is 0.278. The molecule has 1 aliphatic heterocycles. The van der Waals surface area contributed by atoms with Crippen molar-refractivity contribution < 1.29 is 5.11 Å². The first kappa shape index (κ1) is 12.9. The Bertz CT molecular complexity index is 587. The number of rotatable bonds is 3. The molecule has 4 heteroatoms. The van der Waals surface area contributed by atoms with Crippen LogP contribution in [-0.4, -0.2) is 34.7 Å². The number of pyridine rings is 1. The minimum absolute atomic E-state index is 0.278. The summed E-state index contributed by atoms with van der Waals surface area (Å²) in [4.78, 5) is 6.78. The van der Waals surface area contributed by atoms with Gasteiger partial charge < -0.3 is 5.11 Å². The predicted octanol–water partition coefficient (Wildman–Crippen LogP) is 2.70. The summed E-state index contributed by atoms with van der Waals surface area (Å²) in [5.74, 6) is 0.409. The van der Waals surface area contributed by atoms with Crippen molar-refractivity contribution in [3.63, 3.8) is 0 Å². The molecule has 1 aromatic carbocycles. The highest BCUT2D eigenvalue weighted by Gasteiger charge is 2.22. The summed E-state index contributed by atoms with van der Waals surface area (Å²) >= 11 is 6.26. The van der Waals surface area contributed by atoms with Crippen molar-refractivity contribution in [2.24, 2.45) is 5.92 Å². The van der Waals surface area contributed by atoms with Crippen molar-refractivity contribution >= 4 is 22.5 Å². The van der Waals surface area contributed by atoms with Crippen molar-refractivity contribution in [2.75, 3.05) is 19.7 Å². The van der Waals surface area contributed by atoms with Crippen LogP contribution in [0.15, 0.2) is 30.3 Å². The molecule has 0 radical (unpaired) electrons. The van der Waals surface area contributed by atoms with Crippen LogP contribution in [0.2, 0.25) is 5.15 Å². The Morgan fingerprint density at radius 3 is 3.00 bits per heavy atom. The lowest BCUT2D eigenvalue weighted by Crippen LogP contribution is -2.21. The Labute approximate surface area is 117 Å². The van der Waals surface area contributed by atoms with Crippen LogP contribution >= 0.6 is 11.6 Å². The number of likely N-dealkylation sites (tertiary alicyclic amines) is 1. The number of aliphatic hydroxyl groups excluding tert-OH is 1. The molecule has 0 aliphatic carbocycles. The van der Waals surface area contributed by atoms with Gasteiger partial charge in [0.2, 0.25) is 0 Å². The average Bonchev–Trinajstić information content (AvgIpc) is 2.87. The molecule has 1 atom stereocenters. The third kappa shape index (κ3) is 2.73. The third-order valence-electron chi connectivity index (χ3n) is 3.77. The van der Waals surface area contributed by atoms with Crippen LogP contribution in [0, 0.1) is 5.92 Å². The van der Waals surface area contributed by atoms with E-state index in [0.717, 1.165) is 42.5 Å². The second-order valence-electron chi connectivity index (χ2n) is 5.20. The van der Waals surface area contributed by atoms with Gasteiger partial charge in [-0.3, -0.25) is 4.90 Å². The fourth-order valence-electron chi connectivity index (χ4n) is 2.69. The second kappa shape index (κ2) is 5.45. The van der Waals surface area contributed by atoms with Gasteiger partial charge >= 0.3 is 0 Å². The SMILES string of the molecule is OCC1CCN(Cc2cc3ccccc3nc2Cl)C1. The highest BCUT2D eigenvalue weighted by atomic mass is 35.5. The van der Waals surface area contributed by atoms with Crippen molar-refractivity contribution in [1.29, 1.82) is 0 Å². The lowest BCUT2D eigenvalue weighted by atomic mass is 10.1. The van der Waals surface area contributed by atoms with Gasteiger partial charge in [-0.05, 0) is 31.0 Å². The molecule has 0 amide bonds. The zero-order valence-corrected chi connectivity index (χ0v) is 11.5. The summed E-state index contributed by atoms with van der Waals surface area (Å²) in [5.41, 5.74) is 2.00. The number of nitrogens with zero attached hydrogens (tertiary/aromatic N) is 2. The lowest BCUT2D eigenvalue weighted by molar-refractivity contribution is 0.220. The van der Waals surface area contributed by atoms with Crippen LogP contribution < -0.4 is 0 Å². The van der Waals surface area contributed by atoms with Crippen LogP contribution in [0.1, 0.15) is 12.0 Å². The van der Waals surface area contributed by atoms with Crippen LogP contribution in [0.5, 0.6) is 0 Å². The topological polar surface area (TPSA) is 36.4 Å². The second-order valence-corrected chi connectivity index (χ2v) is 5.56. The summed E-state index contributed by atoms with van der Waals surface area (Å²) in [6, 6.07) is 10.1. The van der Waals surface area contributed by atoms with E-state index in [1.54, 1.807) is 0 Å². The van der Waals surface area contributed by atoms with Crippen LogP contribution in [-0.2, 0) is 6.54 Å². The Morgan fingerprint density at radius 1 is 1.37 bits per heavy atom. The van der Waals surface area contributed by atoms with Gasteiger partial charge in [-0.2, -0.15) is 0 Å². The molecule has 1 saturated heterocycles. The zero-order valence-electron chi connectivity index (χ0n) is 10.7. The molecule has 2 heterocycles. The minimum Gasteiger partial charge on any atom is -0.396 e. The standard InChI is InChI=1S/C15H17ClN2O/c16-15-13(9-18-6-5-11(8-18)10-19)7-12-3-1-2-4-14(12)17-15/h1-4,7,11,19H,5-6,8-10H2. The van der Waals surface area contributed by atoms with E-state index in [1.165, 1.54) is 0 Å². The summed E-state index contributed by atoms with van der Waals surface area (Å²) in [5, 5.41) is 10.9.